The molecule has 1 aromatic heterocycles. The van der Waals surface area contributed by atoms with Gasteiger partial charge in [-0.05, 0) is 80.0 Å². The van der Waals surface area contributed by atoms with Crippen molar-refractivity contribution in [1.82, 2.24) is 4.98 Å². The van der Waals surface area contributed by atoms with E-state index in [2.05, 4.69) is 28.2 Å². The molecule has 2 amide bonds. The highest BCUT2D eigenvalue weighted by molar-refractivity contribution is 7.80. The van der Waals surface area contributed by atoms with E-state index < -0.39 is 28.9 Å². The molecule has 0 atom stereocenters. The third-order valence-corrected chi connectivity index (χ3v) is 7.46. The molecule has 4 aromatic rings. The summed E-state index contributed by atoms with van der Waals surface area (Å²) in [5.74, 6) is -0.138. The molecule has 1 aliphatic rings. The molecule has 44 heavy (non-hydrogen) atoms. The predicted molar refractivity (Wildman–Crippen MR) is 168 cm³/mol. The largest absolute Gasteiger partial charge is 0.493 e. The molecule has 0 radical (unpaired) electrons. The summed E-state index contributed by atoms with van der Waals surface area (Å²) in [6, 6.07) is 14.3. The van der Waals surface area contributed by atoms with Crippen LogP contribution in [0.3, 0.4) is 0 Å². The number of hydrogen-bond acceptors (Lipinski definition) is 7. The van der Waals surface area contributed by atoms with Crippen molar-refractivity contribution < 1.29 is 32.6 Å². The number of halogens is 2. The maximum Gasteiger partial charge on any atom is 0.240 e. The van der Waals surface area contributed by atoms with E-state index in [0.717, 1.165) is 24.7 Å². The Balaban J connectivity index is 1.26. The van der Waals surface area contributed by atoms with Crippen LogP contribution in [0.5, 0.6) is 23.0 Å². The second-order valence-electron chi connectivity index (χ2n) is 10.2. The summed E-state index contributed by atoms with van der Waals surface area (Å²) >= 11 is 4.20. The minimum atomic E-state index is -1.28. The van der Waals surface area contributed by atoms with Gasteiger partial charge in [-0.3, -0.25) is 14.6 Å². The zero-order valence-corrected chi connectivity index (χ0v) is 24.8. The fraction of sp³-hybridized carbons (Fsp3) is 0.242. The van der Waals surface area contributed by atoms with E-state index in [4.69, 9.17) is 14.2 Å². The van der Waals surface area contributed by atoms with Gasteiger partial charge in [0.1, 0.15) is 23.6 Å². The monoisotopic (exact) mass is 619 g/mol. The minimum absolute atomic E-state index is 0.0728. The first kappa shape index (κ1) is 30.8. The molecule has 1 saturated carbocycles. The van der Waals surface area contributed by atoms with Gasteiger partial charge < -0.3 is 24.8 Å². The number of unbranched alkanes of at least 4 members (excludes halogenated alkanes) is 1. The number of hydrogen-bond donors (Lipinski definition) is 3. The lowest BCUT2D eigenvalue weighted by Gasteiger charge is -2.16. The van der Waals surface area contributed by atoms with Crippen molar-refractivity contribution in [3.05, 3.63) is 90.6 Å². The number of carbonyl (C=O) groups excluding carboxylic acids is 2. The lowest BCUT2D eigenvalue weighted by atomic mass is 10.0. The Labute approximate surface area is 258 Å². The fourth-order valence-electron chi connectivity index (χ4n) is 4.52. The number of carbonyl (C=O) groups is 2. The van der Waals surface area contributed by atoms with Crippen molar-refractivity contribution in [2.75, 3.05) is 30.1 Å². The fourth-order valence-corrected chi connectivity index (χ4v) is 4.70. The van der Waals surface area contributed by atoms with Crippen LogP contribution in [0.4, 0.5) is 20.2 Å². The van der Waals surface area contributed by atoms with Crippen LogP contribution in [0.25, 0.3) is 10.9 Å². The Morgan fingerprint density at radius 2 is 1.64 bits per heavy atom. The lowest BCUT2D eigenvalue weighted by Crippen LogP contribution is -2.35. The first-order chi connectivity index (χ1) is 21.3. The molecular weight excluding hydrogens is 588 g/mol. The number of benzene rings is 3. The van der Waals surface area contributed by atoms with Crippen LogP contribution in [0.15, 0.2) is 79.0 Å². The summed E-state index contributed by atoms with van der Waals surface area (Å²) in [5.41, 5.74) is -0.167. The number of aromatic nitrogens is 1. The van der Waals surface area contributed by atoms with E-state index in [0.29, 0.717) is 53.3 Å². The molecule has 0 spiro atoms. The number of amides is 2. The number of nitrogens with one attached hydrogen (secondary N) is 2. The van der Waals surface area contributed by atoms with Gasteiger partial charge >= 0.3 is 0 Å². The Bertz CT molecular complexity index is 1690. The average Bonchev–Trinajstić information content (AvgIpc) is 3.84. The van der Waals surface area contributed by atoms with Gasteiger partial charge in [-0.25, -0.2) is 8.78 Å². The van der Waals surface area contributed by atoms with E-state index in [1.807, 2.05) is 12.2 Å². The van der Waals surface area contributed by atoms with E-state index in [1.54, 1.807) is 24.4 Å². The quantitative estimate of drug-likeness (QED) is 0.0628. The zero-order valence-electron chi connectivity index (χ0n) is 23.9. The van der Waals surface area contributed by atoms with Gasteiger partial charge in [0.2, 0.25) is 11.8 Å². The van der Waals surface area contributed by atoms with Gasteiger partial charge in [-0.2, -0.15) is 12.6 Å². The lowest BCUT2D eigenvalue weighted by molar-refractivity contribution is -0.131. The Kier molecular flexibility index (Phi) is 9.64. The smallest absolute Gasteiger partial charge is 0.240 e. The number of methoxy groups -OCH3 is 1. The van der Waals surface area contributed by atoms with Crippen molar-refractivity contribution in [3.8, 4) is 23.0 Å². The van der Waals surface area contributed by atoms with Gasteiger partial charge in [0.15, 0.2) is 23.1 Å². The van der Waals surface area contributed by atoms with Crippen LogP contribution in [0.1, 0.15) is 25.7 Å². The number of thiol groups is 1. The van der Waals surface area contributed by atoms with E-state index >= 15 is 4.39 Å². The maximum atomic E-state index is 15.2. The minimum Gasteiger partial charge on any atom is -0.493 e. The van der Waals surface area contributed by atoms with Crippen molar-refractivity contribution in [3.63, 3.8) is 0 Å². The molecule has 1 heterocycles. The first-order valence-corrected chi connectivity index (χ1v) is 14.7. The summed E-state index contributed by atoms with van der Waals surface area (Å²) in [6.45, 7) is 0.360. The molecule has 0 aliphatic heterocycles. The molecule has 228 valence electrons. The molecule has 1 aliphatic carbocycles. The highest BCUT2D eigenvalue weighted by atomic mass is 32.1. The highest BCUT2D eigenvalue weighted by Gasteiger charge is 2.56. The maximum absolute atomic E-state index is 15.2. The predicted octanol–water partition coefficient (Wildman–Crippen LogP) is 7.32. The summed E-state index contributed by atoms with van der Waals surface area (Å²) in [4.78, 5) is 30.2. The Morgan fingerprint density at radius 1 is 0.909 bits per heavy atom. The van der Waals surface area contributed by atoms with Crippen molar-refractivity contribution >= 4 is 46.7 Å². The molecule has 0 unspecified atom stereocenters. The van der Waals surface area contributed by atoms with Crippen LogP contribution in [-0.2, 0) is 9.59 Å². The SMILES string of the molecule is COc1cc2c(Oc3ccc(NC(=O)C4(C(=O)Nc5ccc(F)cc5)CC4)cc3F)ccnc2cc1OC/C=C/CCCS. The van der Waals surface area contributed by atoms with Crippen molar-refractivity contribution in [2.45, 2.75) is 25.7 Å². The van der Waals surface area contributed by atoms with E-state index in [-0.39, 0.29) is 11.4 Å². The molecule has 0 saturated heterocycles. The summed E-state index contributed by atoms with van der Waals surface area (Å²) in [7, 11) is 1.53. The van der Waals surface area contributed by atoms with Gasteiger partial charge in [-0.1, -0.05) is 12.2 Å². The number of allylic oxidation sites excluding steroid dienone is 1. The molecule has 1 fully saturated rings. The van der Waals surface area contributed by atoms with Crippen LogP contribution >= 0.6 is 12.6 Å². The molecule has 3 aromatic carbocycles. The van der Waals surface area contributed by atoms with Crippen LogP contribution in [-0.4, -0.2) is 36.3 Å². The summed E-state index contributed by atoms with van der Waals surface area (Å²) in [5, 5.41) is 5.86. The zero-order chi connectivity index (χ0) is 31.1. The highest BCUT2D eigenvalue weighted by Crippen LogP contribution is 2.47. The van der Waals surface area contributed by atoms with Crippen LogP contribution < -0.4 is 24.8 Å². The normalized spacial score (nSPS) is 13.5. The summed E-state index contributed by atoms with van der Waals surface area (Å²) in [6.07, 6.45) is 8.11. The number of rotatable bonds is 13. The molecule has 0 bridgehead atoms. The number of ether oxygens (including phenoxy) is 3. The molecule has 8 nitrogen and oxygen atoms in total. The Hall–Kier alpha value is -4.64. The molecule has 5 rings (SSSR count). The van der Waals surface area contributed by atoms with Crippen molar-refractivity contribution in [1.29, 1.82) is 0 Å². The molecule has 11 heteroatoms. The number of pyridine rings is 1. The molecular formula is C33H31F2N3O5S. The van der Waals surface area contributed by atoms with Crippen LogP contribution in [0.2, 0.25) is 0 Å². The standard InChI is InChI=1S/C33H31F2N3O5S/c1-41-29-19-24-26(20-30(29)42-16-4-2-3-5-17-44)36-15-12-27(24)43-28-11-10-23(18-25(28)35)38-32(40)33(13-14-33)31(39)37-22-8-6-21(34)7-9-22/h2,4,6-12,15,18-20,44H,3,5,13-14,16-17H2,1H3,(H,37,39)(H,38,40)/b4-2+. The number of nitrogens with zero attached hydrogens (tertiary/aromatic N) is 1. The second-order valence-corrected chi connectivity index (χ2v) is 10.7. The first-order valence-electron chi connectivity index (χ1n) is 14.0. The average molecular weight is 620 g/mol. The third kappa shape index (κ3) is 7.11. The van der Waals surface area contributed by atoms with Gasteiger partial charge in [-0.15, -0.1) is 0 Å². The summed E-state index contributed by atoms with van der Waals surface area (Å²) < 4.78 is 45.7. The van der Waals surface area contributed by atoms with Gasteiger partial charge in [0, 0.05) is 35.1 Å². The van der Waals surface area contributed by atoms with Gasteiger partial charge in [0.25, 0.3) is 0 Å². The number of anilines is 2. The molecule has 2 N–H and O–H groups in total. The second kappa shape index (κ2) is 13.8. The van der Waals surface area contributed by atoms with E-state index in [9.17, 15) is 14.0 Å². The van der Waals surface area contributed by atoms with E-state index in [1.165, 1.54) is 43.5 Å². The third-order valence-electron chi connectivity index (χ3n) is 7.15. The Morgan fingerprint density at radius 3 is 2.32 bits per heavy atom. The van der Waals surface area contributed by atoms with Crippen molar-refractivity contribution in [2.24, 2.45) is 5.41 Å². The topological polar surface area (TPSA) is 98.8 Å². The van der Waals surface area contributed by atoms with Gasteiger partial charge in [0.05, 0.1) is 12.6 Å². The number of fused-ring (bicyclic) bond motifs is 1. The van der Waals surface area contributed by atoms with Crippen LogP contribution in [0, 0.1) is 17.0 Å².